The number of nitrogens with zero attached hydrogens (tertiary/aromatic N) is 4. The number of nitrogens with two attached hydrogens (primary N) is 1. The molecule has 3 heterocycles. The molecule has 0 bridgehead atoms. The number of fused-ring (bicyclic) bond motifs is 1. The Morgan fingerprint density at radius 2 is 1.51 bits per heavy atom. The Morgan fingerprint density at radius 1 is 0.912 bits per heavy atom. The van der Waals surface area contributed by atoms with Crippen LogP contribution >= 0.6 is 11.3 Å². The number of hydrogen-bond donors (Lipinski definition) is 2. The lowest BCUT2D eigenvalue weighted by Crippen LogP contribution is -2.48. The van der Waals surface area contributed by atoms with E-state index in [1.54, 1.807) is 16.2 Å². The maximum absolute atomic E-state index is 14.0. The number of aliphatic imine (C=N–C) groups is 1. The van der Waals surface area contributed by atoms with Crippen molar-refractivity contribution in [3.8, 4) is 5.75 Å². The van der Waals surface area contributed by atoms with Gasteiger partial charge in [-0.15, -0.1) is 11.3 Å². The van der Waals surface area contributed by atoms with E-state index in [9.17, 15) is 40.4 Å². The lowest BCUT2D eigenvalue weighted by atomic mass is 10.1. The van der Waals surface area contributed by atoms with Crippen LogP contribution in [0.5, 0.6) is 5.75 Å². The summed E-state index contributed by atoms with van der Waals surface area (Å²) in [6.07, 6.45) is 2.44. The molecule has 0 atom stereocenters. The van der Waals surface area contributed by atoms with Crippen LogP contribution in [-0.4, -0.2) is 130 Å². The predicted octanol–water partition coefficient (Wildman–Crippen LogP) is 3.60. The highest BCUT2D eigenvalue weighted by Crippen LogP contribution is 2.36. The van der Waals surface area contributed by atoms with Gasteiger partial charge in [-0.3, -0.25) is 28.7 Å². The van der Waals surface area contributed by atoms with Gasteiger partial charge in [0.05, 0.1) is 69.7 Å². The van der Waals surface area contributed by atoms with Crippen LogP contribution in [-0.2, 0) is 50.1 Å². The first kappa shape index (κ1) is 45.7. The molecule has 4 rings (SSSR count). The van der Waals surface area contributed by atoms with Crippen LogP contribution in [0.2, 0.25) is 0 Å². The largest absolute Gasteiger partial charge is 0.420 e. The molecule has 1 aromatic heterocycles. The number of benzene rings is 1. The smallest absolute Gasteiger partial charge is 0.313 e. The van der Waals surface area contributed by atoms with Crippen LogP contribution < -0.4 is 10.5 Å². The number of thiophene rings is 1. The average Bonchev–Trinajstić information content (AvgIpc) is 3.45. The zero-order chi connectivity index (χ0) is 41.7. The SMILES string of the molecule is CCCN(OCC)C(=O)C1=Cc2sc(CN3CCN(C(=O)CCOCCOCCOCCC(=O)Oc4c(F)c(F)c(S(=O)(=O)O)c(F)c4F)CC3)cc2N=C(N)C1. The second-order valence-corrected chi connectivity index (χ2v) is 15.1. The number of halogens is 4. The summed E-state index contributed by atoms with van der Waals surface area (Å²) in [6, 6.07) is 1.99. The van der Waals surface area contributed by atoms with E-state index in [0.717, 1.165) is 21.9 Å². The zero-order valence-electron chi connectivity index (χ0n) is 31.4. The summed E-state index contributed by atoms with van der Waals surface area (Å²) in [5, 5.41) is 1.38. The molecule has 0 aliphatic carbocycles. The number of piperazine rings is 1. The van der Waals surface area contributed by atoms with E-state index in [0.29, 0.717) is 57.3 Å². The number of amides is 2. The summed E-state index contributed by atoms with van der Waals surface area (Å²) in [5.41, 5.74) is 7.42. The molecular weight excluding hydrogens is 807 g/mol. The molecule has 57 heavy (non-hydrogen) atoms. The van der Waals surface area contributed by atoms with Gasteiger partial charge in [-0.1, -0.05) is 6.92 Å². The topological polar surface area (TPSA) is 200 Å². The van der Waals surface area contributed by atoms with Crippen molar-refractivity contribution >= 4 is 56.8 Å². The van der Waals surface area contributed by atoms with Crippen molar-refractivity contribution in [3.05, 3.63) is 44.7 Å². The fourth-order valence-corrected chi connectivity index (χ4v) is 7.40. The van der Waals surface area contributed by atoms with E-state index in [2.05, 4.69) is 14.6 Å². The minimum Gasteiger partial charge on any atom is -0.420 e. The highest BCUT2D eigenvalue weighted by Gasteiger charge is 2.34. The maximum Gasteiger partial charge on any atom is 0.313 e. The molecule has 0 unspecified atom stereocenters. The molecule has 2 aliphatic heterocycles. The molecule has 22 heteroatoms. The van der Waals surface area contributed by atoms with E-state index < -0.39 is 56.4 Å². The molecule has 3 N–H and O–H groups in total. The van der Waals surface area contributed by atoms with Gasteiger partial charge in [0.2, 0.25) is 23.3 Å². The molecule has 2 aliphatic rings. The first-order valence-electron chi connectivity index (χ1n) is 18.0. The second kappa shape index (κ2) is 21.6. The Kier molecular flexibility index (Phi) is 17.3. The van der Waals surface area contributed by atoms with Gasteiger partial charge in [0, 0.05) is 56.1 Å². The lowest BCUT2D eigenvalue weighted by molar-refractivity contribution is -0.180. The van der Waals surface area contributed by atoms with Crippen molar-refractivity contribution in [2.75, 3.05) is 79.0 Å². The number of amidine groups is 1. The van der Waals surface area contributed by atoms with Crippen LogP contribution in [0.15, 0.2) is 21.5 Å². The molecule has 0 spiro atoms. The van der Waals surface area contributed by atoms with Crippen molar-refractivity contribution < 1.29 is 68.7 Å². The number of hydrogen-bond acceptors (Lipinski definition) is 14. The molecule has 1 fully saturated rings. The normalized spacial score (nSPS) is 14.8. The summed E-state index contributed by atoms with van der Waals surface area (Å²) in [7, 11) is -5.65. The van der Waals surface area contributed by atoms with Gasteiger partial charge in [-0.25, -0.2) is 18.8 Å². The Morgan fingerprint density at radius 3 is 2.09 bits per heavy atom. The first-order chi connectivity index (χ1) is 27.1. The molecule has 2 amide bonds. The van der Waals surface area contributed by atoms with Crippen LogP contribution in [0.25, 0.3) is 6.08 Å². The van der Waals surface area contributed by atoms with E-state index in [1.165, 1.54) is 5.06 Å². The first-order valence-corrected chi connectivity index (χ1v) is 20.3. The molecule has 16 nitrogen and oxygen atoms in total. The third-order valence-corrected chi connectivity index (χ3v) is 10.3. The fourth-order valence-electron chi connectivity index (χ4n) is 5.66. The second-order valence-electron chi connectivity index (χ2n) is 12.6. The minimum atomic E-state index is -5.65. The molecule has 0 saturated carbocycles. The highest BCUT2D eigenvalue weighted by molar-refractivity contribution is 7.85. The van der Waals surface area contributed by atoms with E-state index in [4.69, 9.17) is 29.3 Å². The number of esters is 1. The molecular formula is C35H45F4N5O11S2. The van der Waals surface area contributed by atoms with Crippen LogP contribution in [0, 0.1) is 23.3 Å². The Labute approximate surface area is 330 Å². The zero-order valence-corrected chi connectivity index (χ0v) is 33.0. The third-order valence-electron chi connectivity index (χ3n) is 8.36. The Bertz CT molecular complexity index is 1890. The van der Waals surface area contributed by atoms with Gasteiger partial charge in [-0.2, -0.15) is 17.2 Å². The van der Waals surface area contributed by atoms with Gasteiger partial charge in [-0.05, 0) is 25.5 Å². The van der Waals surface area contributed by atoms with Crippen molar-refractivity contribution in [2.45, 2.75) is 51.0 Å². The van der Waals surface area contributed by atoms with Gasteiger partial charge in [0.15, 0.2) is 16.5 Å². The summed E-state index contributed by atoms with van der Waals surface area (Å²) in [5.74, 6) is -12.6. The predicted molar refractivity (Wildman–Crippen MR) is 197 cm³/mol. The Hall–Kier alpha value is -4.03. The molecule has 1 saturated heterocycles. The number of carbonyl (C=O) groups is 3. The summed E-state index contributed by atoms with van der Waals surface area (Å²) < 4.78 is 107. The van der Waals surface area contributed by atoms with Crippen molar-refractivity contribution in [1.82, 2.24) is 14.9 Å². The molecule has 316 valence electrons. The minimum absolute atomic E-state index is 0.00388. The Balaban J connectivity index is 1.07. The number of rotatable bonds is 21. The monoisotopic (exact) mass is 851 g/mol. The molecule has 1 aromatic carbocycles. The highest BCUT2D eigenvalue weighted by atomic mass is 32.2. The van der Waals surface area contributed by atoms with E-state index in [-0.39, 0.29) is 64.3 Å². The standard InChI is InChI=1S/C35H45F4N5O11S2/c1-3-7-44(54-4-2)35(47)22-18-25-24(41-26(40)19-22)20-23(56-25)21-42-8-10-43(11-9-42)27(45)5-12-51-14-16-53-17-15-52-13-6-28(46)55-33-29(36)31(38)34(57(48,49)50)32(39)30(33)37/h18,20H,3-17,19,21H2,1-2H3,(H2,40,41)(H,48,49,50). The summed E-state index contributed by atoms with van der Waals surface area (Å²) >= 11 is 1.56. The van der Waals surface area contributed by atoms with Gasteiger partial charge < -0.3 is 29.6 Å². The number of hydroxylamine groups is 2. The van der Waals surface area contributed by atoms with Crippen molar-refractivity contribution in [2.24, 2.45) is 10.7 Å². The van der Waals surface area contributed by atoms with Gasteiger partial charge in [0.1, 0.15) is 5.84 Å². The number of ether oxygens (including phenoxy) is 4. The fraction of sp³-hybridized carbons (Fsp3) is 0.543. The van der Waals surface area contributed by atoms with Crippen LogP contribution in [0.1, 0.15) is 49.3 Å². The van der Waals surface area contributed by atoms with Crippen molar-refractivity contribution in [3.63, 3.8) is 0 Å². The van der Waals surface area contributed by atoms with Crippen LogP contribution in [0.4, 0.5) is 23.2 Å². The third kappa shape index (κ3) is 13.0. The van der Waals surface area contributed by atoms with E-state index in [1.807, 2.05) is 26.0 Å². The molecule has 2 aromatic rings. The summed E-state index contributed by atoms with van der Waals surface area (Å²) in [6.45, 7) is 8.13. The molecule has 0 radical (unpaired) electrons. The average molecular weight is 852 g/mol. The van der Waals surface area contributed by atoms with Crippen molar-refractivity contribution in [1.29, 1.82) is 0 Å². The van der Waals surface area contributed by atoms with Crippen LogP contribution in [0.3, 0.4) is 0 Å². The number of carbonyl (C=O) groups excluding carboxylic acids is 3. The summed E-state index contributed by atoms with van der Waals surface area (Å²) in [4.78, 5) is 51.6. The quantitative estimate of drug-likeness (QED) is 0.0352. The lowest BCUT2D eigenvalue weighted by Gasteiger charge is -2.34. The maximum atomic E-state index is 14.0. The van der Waals surface area contributed by atoms with Gasteiger partial charge >= 0.3 is 16.1 Å². The van der Waals surface area contributed by atoms with Gasteiger partial charge in [0.25, 0.3) is 5.91 Å². The van der Waals surface area contributed by atoms with E-state index >= 15 is 0 Å².